The number of nitrogens with zero attached hydrogens (tertiary/aromatic N) is 2. The number of fused-ring (bicyclic) bond motifs is 1. The summed E-state index contributed by atoms with van der Waals surface area (Å²) in [5, 5.41) is 5.34. The van der Waals surface area contributed by atoms with Crippen LogP contribution in [-0.4, -0.2) is 62.5 Å². The maximum Gasteiger partial charge on any atom is 0.414 e. The molecule has 9 nitrogen and oxygen atoms in total. The van der Waals surface area contributed by atoms with Crippen molar-refractivity contribution in [2.24, 2.45) is 5.92 Å². The summed E-state index contributed by atoms with van der Waals surface area (Å²) in [4.78, 5) is 37.8. The Labute approximate surface area is 170 Å². The van der Waals surface area contributed by atoms with E-state index in [1.165, 1.54) is 4.90 Å². The van der Waals surface area contributed by atoms with Crippen molar-refractivity contribution in [3.63, 3.8) is 0 Å². The Balaban J connectivity index is 1.27. The number of rotatable bonds is 5. The molecule has 2 N–H and O–H groups in total. The topological polar surface area (TPSA) is 100 Å². The maximum absolute atomic E-state index is 14.8. The smallest absolute Gasteiger partial charge is 0.414 e. The van der Waals surface area contributed by atoms with E-state index in [-0.39, 0.29) is 55.4 Å². The molecular formula is C19H20F2N4O5. The Hall–Kier alpha value is -3.11. The van der Waals surface area contributed by atoms with Crippen molar-refractivity contribution in [3.05, 3.63) is 23.8 Å². The van der Waals surface area contributed by atoms with Crippen LogP contribution in [0.1, 0.15) is 12.8 Å². The van der Waals surface area contributed by atoms with Gasteiger partial charge in [0.1, 0.15) is 17.9 Å². The molecule has 0 spiro atoms. The predicted octanol–water partition coefficient (Wildman–Crippen LogP) is 1.11. The van der Waals surface area contributed by atoms with Crippen molar-refractivity contribution >= 4 is 29.5 Å². The average molecular weight is 422 g/mol. The Morgan fingerprint density at radius 1 is 1.13 bits per heavy atom. The first-order chi connectivity index (χ1) is 14.4. The van der Waals surface area contributed by atoms with Crippen LogP contribution in [0.3, 0.4) is 0 Å². The number of benzene rings is 1. The van der Waals surface area contributed by atoms with E-state index >= 15 is 0 Å². The van der Waals surface area contributed by atoms with Gasteiger partial charge >= 0.3 is 12.2 Å². The fourth-order valence-corrected chi connectivity index (χ4v) is 4.09. The molecule has 3 atom stereocenters. The number of carbonyl (C=O) groups excluding carboxylic acids is 3. The number of alkyl carbamates (subject to hydrolysis) is 1. The number of hydrogen-bond acceptors (Lipinski definition) is 6. The van der Waals surface area contributed by atoms with Crippen molar-refractivity contribution in [3.8, 4) is 0 Å². The molecule has 1 aromatic rings. The molecule has 5 rings (SSSR count). The third-order valence-electron chi connectivity index (χ3n) is 5.78. The van der Waals surface area contributed by atoms with Crippen molar-refractivity contribution in [2.75, 3.05) is 36.0 Å². The summed E-state index contributed by atoms with van der Waals surface area (Å²) in [7, 11) is 0. The first kappa shape index (κ1) is 18.9. The Morgan fingerprint density at radius 2 is 1.87 bits per heavy atom. The number of amides is 3. The molecule has 11 heteroatoms. The van der Waals surface area contributed by atoms with Gasteiger partial charge in [0, 0.05) is 24.6 Å². The van der Waals surface area contributed by atoms with Crippen LogP contribution in [-0.2, 0) is 14.3 Å². The second-order valence-electron chi connectivity index (χ2n) is 7.99. The van der Waals surface area contributed by atoms with E-state index in [1.54, 1.807) is 0 Å². The monoisotopic (exact) mass is 422 g/mol. The van der Waals surface area contributed by atoms with Gasteiger partial charge in [0.15, 0.2) is 11.6 Å². The second kappa shape index (κ2) is 6.99. The van der Waals surface area contributed by atoms with Crippen LogP contribution in [0.15, 0.2) is 12.1 Å². The van der Waals surface area contributed by atoms with Crippen molar-refractivity contribution in [1.29, 1.82) is 0 Å². The van der Waals surface area contributed by atoms with E-state index < -0.39 is 36.0 Å². The Kier molecular flexibility index (Phi) is 4.40. The van der Waals surface area contributed by atoms with Gasteiger partial charge in [0.25, 0.3) is 0 Å². The zero-order valence-corrected chi connectivity index (χ0v) is 15.9. The first-order valence-electron chi connectivity index (χ1n) is 9.86. The van der Waals surface area contributed by atoms with Crippen LogP contribution < -0.4 is 20.4 Å². The highest BCUT2D eigenvalue weighted by atomic mass is 19.1. The van der Waals surface area contributed by atoms with Gasteiger partial charge in [0.05, 0.1) is 31.4 Å². The number of hydrogen-bond donors (Lipinski definition) is 2. The summed E-state index contributed by atoms with van der Waals surface area (Å²) in [5.74, 6) is -1.68. The molecule has 1 aromatic carbocycles. The molecule has 4 aliphatic rings. The number of cyclic esters (lactones) is 1. The van der Waals surface area contributed by atoms with Crippen LogP contribution in [0.25, 0.3) is 0 Å². The number of carbonyl (C=O) groups is 3. The van der Waals surface area contributed by atoms with Gasteiger partial charge in [-0.3, -0.25) is 9.69 Å². The van der Waals surface area contributed by atoms with Crippen LogP contribution in [0.5, 0.6) is 0 Å². The summed E-state index contributed by atoms with van der Waals surface area (Å²) in [6.45, 7) is 0.627. The standard InChI is InChI=1S/C19H20F2N4O5/c20-12-3-10(25-6-11(29-19(25)28)5-22-17(26)9-1-2-9)4-13(21)16(12)24-7-14-15(8-24)30-18(27)23-14/h3-4,9,11,14-15H,1-2,5-8H2,(H,22,26)(H,23,27)/t11-,14?,15?/m0/s1. The van der Waals surface area contributed by atoms with Gasteiger partial charge in [-0.05, 0) is 12.8 Å². The van der Waals surface area contributed by atoms with Crippen LogP contribution in [0, 0.1) is 17.6 Å². The molecule has 3 saturated heterocycles. The molecular weight excluding hydrogens is 402 g/mol. The highest BCUT2D eigenvalue weighted by molar-refractivity contribution is 5.90. The lowest BCUT2D eigenvalue weighted by Crippen LogP contribution is -2.35. The van der Waals surface area contributed by atoms with Crippen molar-refractivity contribution in [2.45, 2.75) is 31.1 Å². The average Bonchev–Trinajstić information content (AvgIpc) is 3.25. The minimum absolute atomic E-state index is 0.0396. The summed E-state index contributed by atoms with van der Waals surface area (Å²) < 4.78 is 39.9. The summed E-state index contributed by atoms with van der Waals surface area (Å²) in [6.07, 6.45) is -0.578. The molecule has 1 aliphatic carbocycles. The molecule has 30 heavy (non-hydrogen) atoms. The van der Waals surface area contributed by atoms with E-state index in [1.807, 2.05) is 0 Å². The van der Waals surface area contributed by atoms with Gasteiger partial charge in [-0.15, -0.1) is 0 Å². The molecule has 160 valence electrons. The number of halogens is 2. The van der Waals surface area contributed by atoms with Gasteiger partial charge in [-0.1, -0.05) is 0 Å². The number of anilines is 2. The van der Waals surface area contributed by atoms with Crippen LogP contribution in [0.4, 0.5) is 29.7 Å². The summed E-state index contributed by atoms with van der Waals surface area (Å²) >= 11 is 0. The lowest BCUT2D eigenvalue weighted by molar-refractivity contribution is -0.122. The molecule has 4 fully saturated rings. The highest BCUT2D eigenvalue weighted by Crippen LogP contribution is 2.34. The summed E-state index contributed by atoms with van der Waals surface area (Å²) in [5.41, 5.74) is -0.189. The molecule has 0 aromatic heterocycles. The zero-order valence-electron chi connectivity index (χ0n) is 15.9. The van der Waals surface area contributed by atoms with Gasteiger partial charge in [0.2, 0.25) is 5.91 Å². The van der Waals surface area contributed by atoms with E-state index in [9.17, 15) is 23.2 Å². The third-order valence-corrected chi connectivity index (χ3v) is 5.78. The molecule has 2 unspecified atom stereocenters. The van der Waals surface area contributed by atoms with E-state index in [2.05, 4.69) is 10.6 Å². The number of ether oxygens (including phenoxy) is 2. The van der Waals surface area contributed by atoms with Crippen molar-refractivity contribution < 1.29 is 32.6 Å². The Bertz CT molecular complexity index is 885. The predicted molar refractivity (Wildman–Crippen MR) is 99.1 cm³/mol. The van der Waals surface area contributed by atoms with E-state index in [0.717, 1.165) is 29.9 Å². The molecule has 3 aliphatic heterocycles. The van der Waals surface area contributed by atoms with Crippen molar-refractivity contribution in [1.82, 2.24) is 10.6 Å². The fraction of sp³-hybridized carbons (Fsp3) is 0.526. The molecule has 3 amide bonds. The second-order valence-corrected chi connectivity index (χ2v) is 7.99. The van der Waals surface area contributed by atoms with Gasteiger partial charge < -0.3 is 25.0 Å². The normalized spacial score (nSPS) is 27.6. The number of nitrogens with one attached hydrogen (secondary N) is 2. The van der Waals surface area contributed by atoms with Gasteiger partial charge in [-0.25, -0.2) is 18.4 Å². The molecule has 0 radical (unpaired) electrons. The highest BCUT2D eigenvalue weighted by Gasteiger charge is 2.43. The minimum atomic E-state index is -0.824. The summed E-state index contributed by atoms with van der Waals surface area (Å²) in [6, 6.07) is 1.84. The SMILES string of the molecule is O=C1NC2CN(c3c(F)cc(N4C[C@H](CNC(=O)C5CC5)OC4=O)cc3F)CC2O1. The van der Waals surface area contributed by atoms with Crippen LogP contribution >= 0.6 is 0 Å². The Morgan fingerprint density at radius 3 is 2.53 bits per heavy atom. The minimum Gasteiger partial charge on any atom is -0.442 e. The quantitative estimate of drug-likeness (QED) is 0.738. The molecule has 0 bridgehead atoms. The van der Waals surface area contributed by atoms with Crippen LogP contribution in [0.2, 0.25) is 0 Å². The van der Waals surface area contributed by atoms with E-state index in [0.29, 0.717) is 0 Å². The largest absolute Gasteiger partial charge is 0.442 e. The molecule has 1 saturated carbocycles. The zero-order chi connectivity index (χ0) is 21.0. The fourth-order valence-electron chi connectivity index (χ4n) is 4.09. The third kappa shape index (κ3) is 3.37. The lowest BCUT2D eigenvalue weighted by Gasteiger charge is -2.22. The first-order valence-corrected chi connectivity index (χ1v) is 9.86. The molecule has 3 heterocycles. The maximum atomic E-state index is 14.8. The van der Waals surface area contributed by atoms with Gasteiger partial charge in [-0.2, -0.15) is 0 Å². The lowest BCUT2D eigenvalue weighted by atomic mass is 10.2. The van der Waals surface area contributed by atoms with E-state index in [4.69, 9.17) is 9.47 Å².